The van der Waals surface area contributed by atoms with Crippen LogP contribution in [0.3, 0.4) is 0 Å². The Morgan fingerprint density at radius 2 is 1.83 bits per heavy atom. The van der Waals surface area contributed by atoms with E-state index in [9.17, 15) is 14.4 Å². The van der Waals surface area contributed by atoms with Crippen molar-refractivity contribution in [2.24, 2.45) is 7.05 Å². The highest BCUT2D eigenvalue weighted by atomic mass is 16.4. The molecule has 0 spiro atoms. The van der Waals surface area contributed by atoms with Gasteiger partial charge in [-0.3, -0.25) is 14.3 Å². The number of anilines is 1. The Hall–Kier alpha value is -3.09. The van der Waals surface area contributed by atoms with Gasteiger partial charge in [0.05, 0.1) is 11.4 Å². The highest BCUT2D eigenvalue weighted by Crippen LogP contribution is 2.14. The molecule has 120 valence electrons. The van der Waals surface area contributed by atoms with E-state index in [1.807, 2.05) is 6.07 Å². The minimum atomic E-state index is -1.19. The largest absolute Gasteiger partial charge is 0.478 e. The lowest BCUT2D eigenvalue weighted by molar-refractivity contribution is -0.132. The summed E-state index contributed by atoms with van der Waals surface area (Å²) in [7, 11) is 1.71. The molecule has 2 aromatic rings. The number of rotatable bonds is 4. The fourth-order valence-corrected chi connectivity index (χ4v) is 2.13. The lowest BCUT2D eigenvalue weighted by Gasteiger charge is -2.07. The maximum Gasteiger partial charge on any atom is 0.331 e. The second kappa shape index (κ2) is 6.35. The molecule has 2 rings (SSSR count). The predicted octanol–water partition coefficient (Wildman–Crippen LogP) is 1.45. The van der Waals surface area contributed by atoms with Gasteiger partial charge in [-0.1, -0.05) is 18.2 Å². The molecule has 1 aromatic carbocycles. The fraction of sp³-hybridized carbons (Fsp3) is 0.188. The summed E-state index contributed by atoms with van der Waals surface area (Å²) in [4.78, 5) is 35.2. The molecule has 0 fully saturated rings. The number of carboxylic acids is 1. The first kappa shape index (κ1) is 16.3. The Morgan fingerprint density at radius 1 is 1.22 bits per heavy atom. The Bertz CT molecular complexity index is 844. The van der Waals surface area contributed by atoms with Crippen molar-refractivity contribution in [2.45, 2.75) is 13.8 Å². The number of amides is 1. The van der Waals surface area contributed by atoms with E-state index in [1.54, 1.807) is 42.9 Å². The Kier molecular flexibility index (Phi) is 4.49. The number of carboxylic acid groups (broad SMARTS) is 1. The molecular formula is C16H17N3O4. The van der Waals surface area contributed by atoms with Crippen LogP contribution in [0.25, 0.3) is 5.69 Å². The molecule has 23 heavy (non-hydrogen) atoms. The van der Waals surface area contributed by atoms with E-state index in [4.69, 9.17) is 5.11 Å². The van der Waals surface area contributed by atoms with Gasteiger partial charge >= 0.3 is 5.97 Å². The zero-order chi connectivity index (χ0) is 17.1. The molecule has 0 radical (unpaired) electrons. The van der Waals surface area contributed by atoms with Crippen LogP contribution in [-0.4, -0.2) is 26.3 Å². The monoisotopic (exact) mass is 315 g/mol. The first-order valence-electron chi connectivity index (χ1n) is 6.89. The third-order valence-electron chi connectivity index (χ3n) is 3.49. The van der Waals surface area contributed by atoms with E-state index in [-0.39, 0.29) is 16.8 Å². The number of nitrogens with zero attached hydrogens (tertiary/aromatic N) is 2. The van der Waals surface area contributed by atoms with Gasteiger partial charge in [0.25, 0.3) is 5.56 Å². The predicted molar refractivity (Wildman–Crippen MR) is 85.8 cm³/mol. The average Bonchev–Trinajstić information content (AvgIpc) is 2.72. The summed E-state index contributed by atoms with van der Waals surface area (Å²) in [6.45, 7) is 3.01. The summed E-state index contributed by atoms with van der Waals surface area (Å²) in [5, 5.41) is 11.2. The van der Waals surface area contributed by atoms with Crippen molar-refractivity contribution in [2.75, 3.05) is 5.32 Å². The van der Waals surface area contributed by atoms with Crippen LogP contribution in [0.15, 0.2) is 46.8 Å². The van der Waals surface area contributed by atoms with Crippen molar-refractivity contribution in [3.05, 3.63) is 58.0 Å². The summed E-state index contributed by atoms with van der Waals surface area (Å²) in [5.41, 5.74) is 0.857. The van der Waals surface area contributed by atoms with Crippen molar-refractivity contribution in [1.82, 2.24) is 9.36 Å². The van der Waals surface area contributed by atoms with Crippen molar-refractivity contribution in [3.63, 3.8) is 0 Å². The summed E-state index contributed by atoms with van der Waals surface area (Å²) in [6.07, 6.45) is 0.946. The smallest absolute Gasteiger partial charge is 0.331 e. The maximum absolute atomic E-state index is 12.6. The van der Waals surface area contributed by atoms with Crippen LogP contribution in [0.1, 0.15) is 12.6 Å². The third-order valence-corrected chi connectivity index (χ3v) is 3.49. The van der Waals surface area contributed by atoms with E-state index < -0.39 is 11.9 Å². The second-order valence-corrected chi connectivity index (χ2v) is 5.06. The molecule has 1 amide bonds. The molecule has 1 heterocycles. The Balaban J connectivity index is 2.43. The molecule has 0 bridgehead atoms. The van der Waals surface area contributed by atoms with Gasteiger partial charge in [0.1, 0.15) is 5.69 Å². The van der Waals surface area contributed by atoms with Crippen molar-refractivity contribution < 1.29 is 14.7 Å². The van der Waals surface area contributed by atoms with Crippen molar-refractivity contribution in [1.29, 1.82) is 0 Å². The van der Waals surface area contributed by atoms with E-state index in [0.717, 1.165) is 6.08 Å². The van der Waals surface area contributed by atoms with Crippen molar-refractivity contribution >= 4 is 17.6 Å². The number of carbonyl (C=O) groups excluding carboxylic acids is 1. The quantitative estimate of drug-likeness (QED) is 0.835. The zero-order valence-electron chi connectivity index (χ0n) is 13.0. The van der Waals surface area contributed by atoms with Gasteiger partial charge in [-0.2, -0.15) is 0 Å². The summed E-state index contributed by atoms with van der Waals surface area (Å²) < 4.78 is 3.06. The topological polar surface area (TPSA) is 93.3 Å². The number of para-hydroxylation sites is 1. The van der Waals surface area contributed by atoms with E-state index in [2.05, 4.69) is 5.32 Å². The highest BCUT2D eigenvalue weighted by molar-refractivity contribution is 6.04. The van der Waals surface area contributed by atoms with Gasteiger partial charge in [-0.05, 0) is 26.0 Å². The highest BCUT2D eigenvalue weighted by Gasteiger charge is 2.17. The summed E-state index contributed by atoms with van der Waals surface area (Å²) in [5.74, 6) is -1.84. The van der Waals surface area contributed by atoms with Crippen LogP contribution in [0.2, 0.25) is 0 Å². The lowest BCUT2D eigenvalue weighted by atomic mass is 10.2. The lowest BCUT2D eigenvalue weighted by Crippen LogP contribution is -2.22. The summed E-state index contributed by atoms with van der Waals surface area (Å²) in [6, 6.07) is 9.01. The molecular weight excluding hydrogens is 298 g/mol. The van der Waals surface area contributed by atoms with Crippen LogP contribution in [0.4, 0.5) is 5.69 Å². The number of hydrogen-bond donors (Lipinski definition) is 2. The van der Waals surface area contributed by atoms with Crippen LogP contribution < -0.4 is 10.9 Å². The van der Waals surface area contributed by atoms with Gasteiger partial charge in [0.2, 0.25) is 5.91 Å². The minimum absolute atomic E-state index is 0.112. The molecule has 7 nitrogen and oxygen atoms in total. The SMILES string of the molecule is C/C(=C/C(=O)Nc1c(C)n(C)n(-c2ccccc2)c1=O)C(=O)O. The van der Waals surface area contributed by atoms with Gasteiger partial charge < -0.3 is 10.4 Å². The molecule has 7 heteroatoms. The summed E-state index contributed by atoms with van der Waals surface area (Å²) >= 11 is 0. The standard InChI is InChI=1S/C16H17N3O4/c1-10(16(22)23)9-13(20)17-14-11(2)18(3)19(15(14)21)12-7-5-4-6-8-12/h4-9H,1-3H3,(H,17,20)(H,22,23)/b10-9-. The van der Waals surface area contributed by atoms with E-state index in [1.165, 1.54) is 11.6 Å². The molecule has 0 aliphatic rings. The van der Waals surface area contributed by atoms with Crippen LogP contribution >= 0.6 is 0 Å². The average molecular weight is 315 g/mol. The zero-order valence-corrected chi connectivity index (χ0v) is 13.0. The van der Waals surface area contributed by atoms with E-state index in [0.29, 0.717) is 11.4 Å². The Labute approximate surface area is 132 Å². The number of aromatic nitrogens is 2. The molecule has 0 saturated carbocycles. The van der Waals surface area contributed by atoms with Crippen molar-refractivity contribution in [3.8, 4) is 5.69 Å². The van der Waals surface area contributed by atoms with Crippen LogP contribution in [0.5, 0.6) is 0 Å². The molecule has 0 atom stereocenters. The molecule has 2 N–H and O–H groups in total. The minimum Gasteiger partial charge on any atom is -0.478 e. The van der Waals surface area contributed by atoms with Gasteiger partial charge in [-0.15, -0.1) is 0 Å². The normalized spacial score (nSPS) is 11.3. The number of hydrogen-bond acceptors (Lipinski definition) is 3. The van der Waals surface area contributed by atoms with Gasteiger partial charge in [0.15, 0.2) is 0 Å². The first-order chi connectivity index (χ1) is 10.8. The second-order valence-electron chi connectivity index (χ2n) is 5.06. The Morgan fingerprint density at radius 3 is 2.39 bits per heavy atom. The molecule has 0 unspecified atom stereocenters. The van der Waals surface area contributed by atoms with Gasteiger partial charge in [-0.25, -0.2) is 9.48 Å². The molecule has 0 aliphatic carbocycles. The fourth-order valence-electron chi connectivity index (χ4n) is 2.13. The molecule has 0 saturated heterocycles. The number of carbonyl (C=O) groups is 2. The van der Waals surface area contributed by atoms with E-state index >= 15 is 0 Å². The first-order valence-corrected chi connectivity index (χ1v) is 6.89. The maximum atomic E-state index is 12.6. The van der Waals surface area contributed by atoms with Crippen LogP contribution in [0, 0.1) is 6.92 Å². The molecule has 0 aliphatic heterocycles. The van der Waals surface area contributed by atoms with Crippen LogP contribution in [-0.2, 0) is 16.6 Å². The number of benzene rings is 1. The third kappa shape index (κ3) is 3.23. The van der Waals surface area contributed by atoms with Gasteiger partial charge in [0, 0.05) is 18.7 Å². The molecule has 1 aromatic heterocycles. The number of aliphatic carboxylic acids is 1. The number of nitrogens with one attached hydrogen (secondary N) is 1.